The van der Waals surface area contributed by atoms with E-state index in [0.717, 1.165) is 5.56 Å². The molecule has 1 N–H and O–H groups in total. The number of halogens is 1. The molecule has 0 aromatic carbocycles. The number of nitrogens with zero attached hydrogens (tertiary/aromatic N) is 1. The summed E-state index contributed by atoms with van der Waals surface area (Å²) in [4.78, 5) is 3.84. The smallest absolute Gasteiger partial charge is 0.232 e. The monoisotopic (exact) mass is 234 g/mol. The lowest BCUT2D eigenvalue weighted by Gasteiger charge is -2.06. The molecule has 0 unspecified atom stereocenters. The van der Waals surface area contributed by atoms with E-state index in [-0.39, 0.29) is 5.75 Å². The molecule has 0 spiro atoms. The van der Waals surface area contributed by atoms with E-state index in [1.54, 1.807) is 19.9 Å². The highest BCUT2D eigenvalue weighted by Gasteiger charge is 2.07. The molecule has 78 valence electrons. The van der Waals surface area contributed by atoms with E-state index >= 15 is 0 Å². The molecule has 1 rings (SSSR count). The van der Waals surface area contributed by atoms with E-state index in [0.29, 0.717) is 10.8 Å². The molecule has 0 saturated carbocycles. The lowest BCUT2D eigenvalue weighted by molar-refractivity contribution is 0.602. The number of aryl methyl sites for hydroxylation is 1. The molecule has 1 aromatic rings. The number of sulfonamides is 1. The van der Waals surface area contributed by atoms with E-state index < -0.39 is 10.0 Å². The van der Waals surface area contributed by atoms with Crippen molar-refractivity contribution in [3.8, 4) is 0 Å². The molecule has 6 heteroatoms. The van der Waals surface area contributed by atoms with Gasteiger partial charge in [0, 0.05) is 0 Å². The Bertz CT molecular complexity index is 431. The van der Waals surface area contributed by atoms with E-state index in [1.165, 1.54) is 6.20 Å². The van der Waals surface area contributed by atoms with Crippen molar-refractivity contribution in [2.45, 2.75) is 13.8 Å². The lowest BCUT2D eigenvalue weighted by Crippen LogP contribution is -2.14. The molecule has 0 saturated heterocycles. The van der Waals surface area contributed by atoms with Crippen LogP contribution in [0.15, 0.2) is 12.3 Å². The second-order valence-electron chi connectivity index (χ2n) is 2.84. The molecule has 0 atom stereocenters. The topological polar surface area (TPSA) is 59.1 Å². The van der Waals surface area contributed by atoms with Gasteiger partial charge in [-0.2, -0.15) is 0 Å². The predicted octanol–water partition coefficient (Wildman–Crippen LogP) is 1.81. The van der Waals surface area contributed by atoms with Gasteiger partial charge in [-0.15, -0.1) is 0 Å². The van der Waals surface area contributed by atoms with Gasteiger partial charge >= 0.3 is 0 Å². The normalized spacial score (nSPS) is 11.4. The molecule has 0 bridgehead atoms. The summed E-state index contributed by atoms with van der Waals surface area (Å²) in [6.07, 6.45) is 1.39. The van der Waals surface area contributed by atoms with Crippen molar-refractivity contribution in [2.75, 3.05) is 10.5 Å². The first-order valence-corrected chi connectivity index (χ1v) is 6.10. The number of nitrogens with one attached hydrogen (secondary N) is 1. The molecule has 0 aliphatic carbocycles. The van der Waals surface area contributed by atoms with Crippen LogP contribution >= 0.6 is 11.6 Å². The van der Waals surface area contributed by atoms with Crippen LogP contribution in [-0.4, -0.2) is 19.2 Å². The Morgan fingerprint density at radius 1 is 1.57 bits per heavy atom. The fraction of sp³-hybridized carbons (Fsp3) is 0.375. The number of hydrogen-bond acceptors (Lipinski definition) is 3. The third kappa shape index (κ3) is 2.85. The summed E-state index contributed by atoms with van der Waals surface area (Å²) in [5, 5.41) is 0.379. The predicted molar refractivity (Wildman–Crippen MR) is 57.1 cm³/mol. The average molecular weight is 235 g/mol. The highest BCUT2D eigenvalue weighted by Crippen LogP contribution is 2.16. The lowest BCUT2D eigenvalue weighted by atomic mass is 10.3. The van der Waals surface area contributed by atoms with Crippen LogP contribution in [0.2, 0.25) is 5.15 Å². The van der Waals surface area contributed by atoms with Gasteiger partial charge < -0.3 is 0 Å². The third-order valence-corrected chi connectivity index (χ3v) is 3.37. The maximum atomic E-state index is 11.2. The van der Waals surface area contributed by atoms with E-state index in [4.69, 9.17) is 11.6 Å². The molecular weight excluding hydrogens is 224 g/mol. The number of hydrogen-bond donors (Lipinski definition) is 1. The van der Waals surface area contributed by atoms with Crippen molar-refractivity contribution >= 4 is 27.3 Å². The van der Waals surface area contributed by atoms with E-state index in [9.17, 15) is 8.42 Å². The molecule has 0 fully saturated rings. The van der Waals surface area contributed by atoms with Gasteiger partial charge in [-0.1, -0.05) is 11.6 Å². The van der Waals surface area contributed by atoms with Crippen molar-refractivity contribution in [1.29, 1.82) is 0 Å². The van der Waals surface area contributed by atoms with Crippen LogP contribution in [0.4, 0.5) is 5.69 Å². The zero-order valence-electron chi connectivity index (χ0n) is 7.91. The molecule has 0 aliphatic rings. The summed E-state index contributed by atoms with van der Waals surface area (Å²) in [5.41, 5.74) is 1.18. The Morgan fingerprint density at radius 2 is 2.21 bits per heavy atom. The minimum absolute atomic E-state index is 0.0364. The van der Waals surface area contributed by atoms with Gasteiger partial charge in [-0.3, -0.25) is 4.72 Å². The Morgan fingerprint density at radius 3 is 2.71 bits per heavy atom. The molecular formula is C8H11ClN2O2S. The van der Waals surface area contributed by atoms with Crippen molar-refractivity contribution < 1.29 is 8.42 Å². The molecule has 0 aliphatic heterocycles. The van der Waals surface area contributed by atoms with E-state index in [2.05, 4.69) is 9.71 Å². The highest BCUT2D eigenvalue weighted by molar-refractivity contribution is 7.92. The number of aromatic nitrogens is 1. The Labute approximate surface area is 88.4 Å². The number of rotatable bonds is 3. The maximum absolute atomic E-state index is 11.2. The fourth-order valence-corrected chi connectivity index (χ4v) is 1.58. The van der Waals surface area contributed by atoms with Gasteiger partial charge in [0.25, 0.3) is 0 Å². The average Bonchev–Trinajstić information content (AvgIpc) is 2.11. The van der Waals surface area contributed by atoms with Crippen LogP contribution in [0.3, 0.4) is 0 Å². The number of pyridine rings is 1. The molecule has 1 heterocycles. The Kier molecular flexibility index (Phi) is 3.34. The van der Waals surface area contributed by atoms with Crippen LogP contribution in [-0.2, 0) is 10.0 Å². The minimum Gasteiger partial charge on any atom is -0.282 e. The van der Waals surface area contributed by atoms with Crippen LogP contribution in [0.25, 0.3) is 0 Å². The Balaban J connectivity index is 2.94. The van der Waals surface area contributed by atoms with Crippen molar-refractivity contribution in [3.63, 3.8) is 0 Å². The highest BCUT2D eigenvalue weighted by atomic mass is 35.5. The van der Waals surface area contributed by atoms with E-state index in [1.807, 2.05) is 0 Å². The summed E-state index contributed by atoms with van der Waals surface area (Å²) >= 11 is 5.70. The summed E-state index contributed by atoms with van der Waals surface area (Å²) < 4.78 is 24.8. The SMILES string of the molecule is CCS(=O)(=O)Nc1cnc(Cl)c(C)c1. The molecule has 0 radical (unpaired) electrons. The molecule has 0 amide bonds. The number of anilines is 1. The first-order chi connectivity index (χ1) is 6.44. The molecule has 14 heavy (non-hydrogen) atoms. The van der Waals surface area contributed by atoms with Crippen LogP contribution in [0.5, 0.6) is 0 Å². The van der Waals surface area contributed by atoms with Crippen molar-refractivity contribution in [1.82, 2.24) is 4.98 Å². The Hall–Kier alpha value is -0.810. The summed E-state index contributed by atoms with van der Waals surface area (Å²) in [6.45, 7) is 3.33. The molecule has 1 aromatic heterocycles. The summed E-state index contributed by atoms with van der Waals surface area (Å²) in [5.74, 6) is 0.0364. The van der Waals surface area contributed by atoms with Crippen molar-refractivity contribution in [2.24, 2.45) is 0 Å². The summed E-state index contributed by atoms with van der Waals surface area (Å²) in [6, 6.07) is 1.64. The van der Waals surface area contributed by atoms with Crippen LogP contribution in [0.1, 0.15) is 12.5 Å². The van der Waals surface area contributed by atoms with Crippen LogP contribution < -0.4 is 4.72 Å². The van der Waals surface area contributed by atoms with Gasteiger partial charge in [-0.25, -0.2) is 13.4 Å². The fourth-order valence-electron chi connectivity index (χ4n) is 0.866. The second kappa shape index (κ2) is 4.14. The quantitative estimate of drug-likeness (QED) is 0.812. The third-order valence-electron chi connectivity index (χ3n) is 1.67. The van der Waals surface area contributed by atoms with Gasteiger partial charge in [0.05, 0.1) is 17.6 Å². The standard InChI is InChI=1S/C8H11ClN2O2S/c1-3-14(12,13)11-7-4-6(2)8(9)10-5-7/h4-5,11H,3H2,1-2H3. The van der Waals surface area contributed by atoms with Crippen LogP contribution in [0, 0.1) is 6.92 Å². The van der Waals surface area contributed by atoms with Crippen molar-refractivity contribution in [3.05, 3.63) is 23.0 Å². The minimum atomic E-state index is -3.24. The second-order valence-corrected chi connectivity index (χ2v) is 5.21. The maximum Gasteiger partial charge on any atom is 0.232 e. The van der Waals surface area contributed by atoms with Gasteiger partial charge in [-0.05, 0) is 25.5 Å². The zero-order chi connectivity index (χ0) is 10.8. The van der Waals surface area contributed by atoms with Gasteiger partial charge in [0.2, 0.25) is 10.0 Å². The molecule has 4 nitrogen and oxygen atoms in total. The van der Waals surface area contributed by atoms with Gasteiger partial charge in [0.15, 0.2) is 0 Å². The largest absolute Gasteiger partial charge is 0.282 e. The first-order valence-electron chi connectivity index (χ1n) is 4.07. The zero-order valence-corrected chi connectivity index (χ0v) is 9.48. The first kappa shape index (κ1) is 11.3. The van der Waals surface area contributed by atoms with Gasteiger partial charge in [0.1, 0.15) is 5.15 Å². The summed E-state index contributed by atoms with van der Waals surface area (Å²) in [7, 11) is -3.24.